The van der Waals surface area contributed by atoms with E-state index in [1.165, 1.54) is 205 Å². The average molecular weight is 1480 g/mol. The SMILES string of the molecule is CCCCCC/C=C\C=C/CCCCCCCC(=O)O[C@H](COC(=O)CCCCCCCCCC(C)C)COP(=O)(O)OC[C@H](O)COP(=O)(O)OC[C@@H](COC(=O)CCCCCCCCCCCCCCCCC(C)C)OC(=O)CCCCCCCCCCCCCCCCCCCCC. The van der Waals surface area contributed by atoms with E-state index in [4.69, 9.17) is 37.0 Å². The van der Waals surface area contributed by atoms with Crippen LogP contribution in [-0.2, 0) is 65.4 Å². The van der Waals surface area contributed by atoms with Crippen LogP contribution in [-0.4, -0.2) is 96.7 Å². The molecule has 0 aromatic heterocycles. The molecule has 0 bridgehead atoms. The Labute approximate surface area is 618 Å². The van der Waals surface area contributed by atoms with E-state index in [9.17, 15) is 43.2 Å². The predicted molar refractivity (Wildman–Crippen MR) is 414 cm³/mol. The summed E-state index contributed by atoms with van der Waals surface area (Å²) in [4.78, 5) is 73.0. The van der Waals surface area contributed by atoms with Gasteiger partial charge in [0.05, 0.1) is 26.4 Å². The second-order valence-corrected chi connectivity index (χ2v) is 32.7. The second-order valence-electron chi connectivity index (χ2n) is 29.8. The highest BCUT2D eigenvalue weighted by Gasteiger charge is 2.30. The van der Waals surface area contributed by atoms with Crippen molar-refractivity contribution in [1.82, 2.24) is 0 Å². The normalized spacial score (nSPS) is 14.0. The summed E-state index contributed by atoms with van der Waals surface area (Å²) >= 11 is 0. The number of aliphatic hydroxyl groups excluding tert-OH is 1. The zero-order chi connectivity index (χ0) is 74.2. The van der Waals surface area contributed by atoms with Crippen LogP contribution in [0.5, 0.6) is 0 Å². The van der Waals surface area contributed by atoms with Crippen molar-refractivity contribution in [2.75, 3.05) is 39.6 Å². The van der Waals surface area contributed by atoms with Gasteiger partial charge in [-0.25, -0.2) is 9.13 Å². The lowest BCUT2D eigenvalue weighted by Gasteiger charge is -2.21. The summed E-state index contributed by atoms with van der Waals surface area (Å²) in [6, 6.07) is 0. The highest BCUT2D eigenvalue weighted by atomic mass is 31.2. The first-order valence-electron chi connectivity index (χ1n) is 41.8. The number of hydrogen-bond acceptors (Lipinski definition) is 15. The first-order chi connectivity index (χ1) is 48.9. The highest BCUT2D eigenvalue weighted by molar-refractivity contribution is 7.47. The molecule has 0 aliphatic rings. The van der Waals surface area contributed by atoms with Gasteiger partial charge in [0.2, 0.25) is 0 Å². The molecule has 0 aliphatic heterocycles. The number of ether oxygens (including phenoxy) is 4. The smallest absolute Gasteiger partial charge is 0.462 e. The molecule has 0 amide bonds. The third-order valence-corrected chi connectivity index (χ3v) is 20.5. The summed E-state index contributed by atoms with van der Waals surface area (Å²) in [5.41, 5.74) is 0. The standard InChI is InChI=1S/C82H156O17P2/c1-7-9-11-13-15-17-19-21-23-24-25-26-28-34-38-42-48-55-61-67-81(86)98-77(70-92-79(84)64-58-52-46-40-36-32-30-29-31-35-39-44-50-56-62-74(3)4)72-96-100(88,89)94-68-76(83)69-95-101(90,91)97-73-78(71-93-80(85)65-59-53-49-43-45-51-57-63-75(5)6)99-82(87)66-60-54-47-41-37-33-27-22-20-18-16-14-12-10-8-2/h18,20,22,27,74-78,83H,7-17,19,21,23-26,28-73H2,1-6H3,(H,88,89)(H,90,91)/b20-18-,27-22-/t76-,77-,78-/m1/s1. The van der Waals surface area contributed by atoms with Gasteiger partial charge in [-0.2, -0.15) is 0 Å². The van der Waals surface area contributed by atoms with Crippen LogP contribution >= 0.6 is 15.6 Å². The molecule has 0 fully saturated rings. The summed E-state index contributed by atoms with van der Waals surface area (Å²) in [5, 5.41) is 10.6. The number of aliphatic hydroxyl groups is 1. The van der Waals surface area contributed by atoms with Crippen LogP contribution in [0.3, 0.4) is 0 Å². The van der Waals surface area contributed by atoms with Gasteiger partial charge in [0.25, 0.3) is 0 Å². The zero-order valence-electron chi connectivity index (χ0n) is 65.7. The molecule has 0 aromatic rings. The molecule has 0 spiro atoms. The van der Waals surface area contributed by atoms with E-state index in [1.54, 1.807) is 0 Å². The molecular formula is C82H156O17P2. The van der Waals surface area contributed by atoms with Crippen molar-refractivity contribution in [3.05, 3.63) is 24.3 Å². The number of carbonyl (C=O) groups is 4. The Hall–Kier alpha value is -2.46. The van der Waals surface area contributed by atoms with E-state index in [0.717, 1.165) is 115 Å². The summed E-state index contributed by atoms with van der Waals surface area (Å²) in [5.74, 6) is -0.639. The highest BCUT2D eigenvalue weighted by Crippen LogP contribution is 2.45. The number of rotatable bonds is 79. The third-order valence-electron chi connectivity index (χ3n) is 18.6. The fraction of sp³-hybridized carbons (Fsp3) is 0.902. The van der Waals surface area contributed by atoms with Crippen molar-refractivity contribution in [3.8, 4) is 0 Å². The Balaban J connectivity index is 5.27. The fourth-order valence-electron chi connectivity index (χ4n) is 12.2. The van der Waals surface area contributed by atoms with Gasteiger partial charge in [0.15, 0.2) is 12.2 Å². The van der Waals surface area contributed by atoms with Gasteiger partial charge in [-0.15, -0.1) is 0 Å². The van der Waals surface area contributed by atoms with Crippen molar-refractivity contribution in [2.45, 2.75) is 426 Å². The van der Waals surface area contributed by atoms with Crippen molar-refractivity contribution in [2.24, 2.45) is 11.8 Å². The zero-order valence-corrected chi connectivity index (χ0v) is 67.5. The number of unbranched alkanes of at least 4 members (excludes halogenated alkanes) is 46. The van der Waals surface area contributed by atoms with Gasteiger partial charge < -0.3 is 33.8 Å². The van der Waals surface area contributed by atoms with Crippen LogP contribution in [0.15, 0.2) is 24.3 Å². The van der Waals surface area contributed by atoms with Gasteiger partial charge in [0.1, 0.15) is 19.3 Å². The van der Waals surface area contributed by atoms with Crippen LogP contribution in [0.1, 0.15) is 408 Å². The van der Waals surface area contributed by atoms with Crippen molar-refractivity contribution in [1.29, 1.82) is 0 Å². The number of esters is 4. The average Bonchev–Trinajstić information content (AvgIpc) is 0.922. The lowest BCUT2D eigenvalue weighted by atomic mass is 10.0. The van der Waals surface area contributed by atoms with E-state index >= 15 is 0 Å². The number of phosphoric ester groups is 2. The largest absolute Gasteiger partial charge is 0.472 e. The Morgan fingerprint density at radius 2 is 0.535 bits per heavy atom. The minimum Gasteiger partial charge on any atom is -0.462 e. The molecule has 101 heavy (non-hydrogen) atoms. The Morgan fingerprint density at radius 3 is 0.812 bits per heavy atom. The summed E-state index contributed by atoms with van der Waals surface area (Å²) in [6.07, 6.45) is 66.1. The fourth-order valence-corrected chi connectivity index (χ4v) is 13.8. The maximum atomic E-state index is 13.1. The van der Waals surface area contributed by atoms with Crippen LogP contribution in [0.25, 0.3) is 0 Å². The summed E-state index contributed by atoms with van der Waals surface area (Å²) < 4.78 is 68.7. The molecule has 0 rings (SSSR count). The molecule has 596 valence electrons. The topological polar surface area (TPSA) is 237 Å². The maximum absolute atomic E-state index is 13.1. The molecule has 17 nitrogen and oxygen atoms in total. The number of allylic oxidation sites excluding steroid dienone is 4. The van der Waals surface area contributed by atoms with E-state index in [-0.39, 0.29) is 25.7 Å². The Bertz CT molecular complexity index is 2040. The monoisotopic (exact) mass is 1480 g/mol. The lowest BCUT2D eigenvalue weighted by Crippen LogP contribution is -2.30. The first-order valence-corrected chi connectivity index (χ1v) is 44.8. The summed E-state index contributed by atoms with van der Waals surface area (Å²) in [6.45, 7) is 9.54. The first kappa shape index (κ1) is 98.5. The van der Waals surface area contributed by atoms with Crippen LogP contribution < -0.4 is 0 Å². The molecule has 0 radical (unpaired) electrons. The molecule has 0 saturated carbocycles. The van der Waals surface area contributed by atoms with Crippen LogP contribution in [0.4, 0.5) is 0 Å². The number of phosphoric acid groups is 2. The Kier molecular flexibility index (Phi) is 71.3. The van der Waals surface area contributed by atoms with Gasteiger partial charge in [-0.05, 0) is 63.2 Å². The second kappa shape index (κ2) is 73.1. The van der Waals surface area contributed by atoms with Gasteiger partial charge in [-0.1, -0.05) is 355 Å². The molecule has 2 unspecified atom stereocenters. The van der Waals surface area contributed by atoms with E-state index in [1.807, 2.05) is 0 Å². The van der Waals surface area contributed by atoms with Crippen molar-refractivity contribution < 1.29 is 80.2 Å². The van der Waals surface area contributed by atoms with E-state index < -0.39 is 97.5 Å². The minimum absolute atomic E-state index is 0.0844. The maximum Gasteiger partial charge on any atom is 0.472 e. The molecular weight excluding hydrogens is 1320 g/mol. The molecule has 5 atom stereocenters. The third kappa shape index (κ3) is 75.6. The minimum atomic E-state index is -4.97. The van der Waals surface area contributed by atoms with E-state index in [2.05, 4.69) is 65.8 Å². The number of carbonyl (C=O) groups excluding carboxylic acids is 4. The molecule has 0 aliphatic carbocycles. The summed E-state index contributed by atoms with van der Waals surface area (Å²) in [7, 11) is -9.93. The van der Waals surface area contributed by atoms with Crippen molar-refractivity contribution >= 4 is 39.5 Å². The molecule has 0 saturated heterocycles. The molecule has 3 N–H and O–H groups in total. The van der Waals surface area contributed by atoms with Crippen LogP contribution in [0, 0.1) is 11.8 Å². The molecule has 0 aromatic carbocycles. The molecule has 0 heterocycles. The van der Waals surface area contributed by atoms with Gasteiger partial charge >= 0.3 is 39.5 Å². The van der Waals surface area contributed by atoms with Gasteiger partial charge in [0, 0.05) is 25.7 Å². The Morgan fingerprint density at radius 1 is 0.307 bits per heavy atom. The van der Waals surface area contributed by atoms with Crippen LogP contribution in [0.2, 0.25) is 0 Å². The number of hydrogen-bond donors (Lipinski definition) is 3. The van der Waals surface area contributed by atoms with E-state index in [0.29, 0.717) is 31.6 Å². The lowest BCUT2D eigenvalue weighted by molar-refractivity contribution is -0.161. The predicted octanol–water partition coefficient (Wildman–Crippen LogP) is 24.2. The molecule has 19 heteroatoms. The quantitative estimate of drug-likeness (QED) is 0.0169. The van der Waals surface area contributed by atoms with Crippen molar-refractivity contribution in [3.63, 3.8) is 0 Å². The van der Waals surface area contributed by atoms with Gasteiger partial charge in [-0.3, -0.25) is 37.3 Å².